The van der Waals surface area contributed by atoms with Crippen molar-refractivity contribution in [1.29, 1.82) is 0 Å². The van der Waals surface area contributed by atoms with Gasteiger partial charge in [0.1, 0.15) is 6.33 Å². The minimum atomic E-state index is -3.46. The van der Waals surface area contributed by atoms with Gasteiger partial charge in [-0.1, -0.05) is 25.4 Å². The Kier molecular flexibility index (Phi) is 5.56. The summed E-state index contributed by atoms with van der Waals surface area (Å²) in [6.07, 6.45) is 2.42. The molecule has 7 nitrogen and oxygen atoms in total. The molecule has 10 heteroatoms. The van der Waals surface area contributed by atoms with Crippen molar-refractivity contribution in [2.75, 3.05) is 11.6 Å². The number of benzene rings is 1. The van der Waals surface area contributed by atoms with Gasteiger partial charge in [0.25, 0.3) is 5.91 Å². The molecule has 0 radical (unpaired) electrons. The fraction of sp³-hybridized carbons (Fsp3) is 0.357. The lowest BCUT2D eigenvalue weighted by molar-refractivity contribution is 0.102. The second kappa shape index (κ2) is 7.12. The van der Waals surface area contributed by atoms with E-state index in [2.05, 4.69) is 15.4 Å². The molecule has 0 saturated carbocycles. The highest BCUT2D eigenvalue weighted by Crippen LogP contribution is 2.38. The van der Waals surface area contributed by atoms with Crippen LogP contribution in [0, 0.1) is 0 Å². The van der Waals surface area contributed by atoms with E-state index in [1.165, 1.54) is 34.9 Å². The van der Waals surface area contributed by atoms with Crippen molar-refractivity contribution < 1.29 is 13.2 Å². The molecule has 0 aliphatic heterocycles. The second-order valence-corrected chi connectivity index (χ2v) is 9.30. The van der Waals surface area contributed by atoms with Crippen LogP contribution < -0.4 is 5.32 Å². The number of aromatic nitrogens is 3. The fourth-order valence-electron chi connectivity index (χ4n) is 1.93. The van der Waals surface area contributed by atoms with Crippen LogP contribution in [-0.4, -0.2) is 40.6 Å². The Bertz CT molecular complexity index is 878. The molecule has 1 aromatic heterocycles. The monoisotopic (exact) mass is 388 g/mol. The van der Waals surface area contributed by atoms with Gasteiger partial charge >= 0.3 is 0 Å². The van der Waals surface area contributed by atoms with E-state index in [9.17, 15) is 13.2 Å². The Balaban J connectivity index is 2.48. The van der Waals surface area contributed by atoms with Gasteiger partial charge in [-0.2, -0.15) is 10.1 Å². The minimum Gasteiger partial charge on any atom is -0.291 e. The van der Waals surface area contributed by atoms with Gasteiger partial charge in [-0.05, 0) is 12.1 Å². The largest absolute Gasteiger partial charge is 0.291 e. The van der Waals surface area contributed by atoms with Crippen LogP contribution in [0.25, 0.3) is 0 Å². The van der Waals surface area contributed by atoms with Crippen molar-refractivity contribution >= 4 is 45.1 Å². The predicted molar refractivity (Wildman–Crippen MR) is 94.5 cm³/mol. The van der Waals surface area contributed by atoms with Crippen molar-refractivity contribution in [1.82, 2.24) is 14.8 Å². The van der Waals surface area contributed by atoms with Gasteiger partial charge in [-0.15, -0.1) is 11.8 Å². The zero-order chi connectivity index (χ0) is 18.1. The van der Waals surface area contributed by atoms with Crippen LogP contribution in [0.5, 0.6) is 0 Å². The molecule has 0 aliphatic rings. The van der Waals surface area contributed by atoms with E-state index in [0.717, 1.165) is 6.26 Å². The van der Waals surface area contributed by atoms with Crippen LogP contribution in [0.1, 0.15) is 24.2 Å². The number of carbonyl (C=O) groups is 1. The highest BCUT2D eigenvalue weighted by Gasteiger charge is 2.23. The molecular weight excluding hydrogens is 372 g/mol. The van der Waals surface area contributed by atoms with Gasteiger partial charge in [0.2, 0.25) is 5.95 Å². The molecule has 130 valence electrons. The Labute approximate surface area is 149 Å². The molecule has 1 heterocycles. The van der Waals surface area contributed by atoms with Crippen LogP contribution in [0.3, 0.4) is 0 Å². The number of halogens is 1. The maximum absolute atomic E-state index is 12.4. The first-order chi connectivity index (χ1) is 11.1. The summed E-state index contributed by atoms with van der Waals surface area (Å²) in [6, 6.07) is 2.80. The third-order valence-corrected chi connectivity index (χ3v) is 5.90. The molecule has 0 fully saturated rings. The van der Waals surface area contributed by atoms with E-state index in [4.69, 9.17) is 11.6 Å². The first kappa shape index (κ1) is 18.8. The van der Waals surface area contributed by atoms with Crippen molar-refractivity contribution in [3.05, 3.63) is 29.0 Å². The van der Waals surface area contributed by atoms with Crippen molar-refractivity contribution in [2.24, 2.45) is 7.05 Å². The quantitative estimate of drug-likeness (QED) is 0.791. The maximum atomic E-state index is 12.4. The zero-order valence-corrected chi connectivity index (χ0v) is 16.0. The maximum Gasteiger partial charge on any atom is 0.259 e. The first-order valence-corrected chi connectivity index (χ1v) is 10.1. The molecule has 2 rings (SSSR count). The number of hydrogen-bond acceptors (Lipinski definition) is 6. The SMILES string of the molecule is CC(C)Sc1c(S(C)(=O)=O)ccc(C(=O)Nc2ncnn2C)c1Cl. The standard InChI is InChI=1S/C14H17ClN4O3S2/c1-8(2)23-12-10(24(4,21)22)6-5-9(11(12)15)13(20)18-14-16-7-17-19(14)3/h5-8H,1-4H3,(H,16,17,18,20). The van der Waals surface area contributed by atoms with Crippen LogP contribution in [0.2, 0.25) is 5.02 Å². The average Bonchev–Trinajstić information content (AvgIpc) is 2.84. The second-order valence-electron chi connectivity index (χ2n) is 5.35. The molecule has 0 saturated heterocycles. The molecule has 0 bridgehead atoms. The number of rotatable bonds is 5. The molecule has 0 atom stereocenters. The van der Waals surface area contributed by atoms with Crippen LogP contribution >= 0.6 is 23.4 Å². The highest BCUT2D eigenvalue weighted by molar-refractivity contribution is 8.00. The summed E-state index contributed by atoms with van der Waals surface area (Å²) in [5.74, 6) is -0.219. The lowest BCUT2D eigenvalue weighted by Crippen LogP contribution is -2.16. The number of hydrogen-bond donors (Lipinski definition) is 1. The minimum absolute atomic E-state index is 0.0973. The zero-order valence-electron chi connectivity index (χ0n) is 13.6. The summed E-state index contributed by atoms with van der Waals surface area (Å²) < 4.78 is 25.4. The van der Waals surface area contributed by atoms with Crippen LogP contribution in [0.15, 0.2) is 28.3 Å². The third kappa shape index (κ3) is 4.08. The molecule has 2 aromatic rings. The Morgan fingerprint density at radius 1 is 1.38 bits per heavy atom. The average molecular weight is 389 g/mol. The summed E-state index contributed by atoms with van der Waals surface area (Å²) in [5, 5.41) is 6.66. The van der Waals surface area contributed by atoms with E-state index >= 15 is 0 Å². The summed E-state index contributed by atoms with van der Waals surface area (Å²) in [4.78, 5) is 16.9. The number of sulfone groups is 1. The summed E-state index contributed by atoms with van der Waals surface area (Å²) in [5.41, 5.74) is 0.176. The molecule has 24 heavy (non-hydrogen) atoms. The number of thioether (sulfide) groups is 1. The highest BCUT2D eigenvalue weighted by atomic mass is 35.5. The molecule has 0 unspecified atom stereocenters. The Morgan fingerprint density at radius 3 is 2.54 bits per heavy atom. The van der Waals surface area contributed by atoms with Crippen molar-refractivity contribution in [3.63, 3.8) is 0 Å². The van der Waals surface area contributed by atoms with Gasteiger partial charge in [-0.3, -0.25) is 10.1 Å². The smallest absolute Gasteiger partial charge is 0.259 e. The molecule has 0 spiro atoms. The normalized spacial score (nSPS) is 11.8. The Morgan fingerprint density at radius 2 is 2.04 bits per heavy atom. The Hall–Kier alpha value is -1.58. The van der Waals surface area contributed by atoms with Crippen molar-refractivity contribution in [2.45, 2.75) is 28.9 Å². The number of amides is 1. The van der Waals surface area contributed by atoms with E-state index < -0.39 is 15.7 Å². The number of nitrogens with zero attached hydrogens (tertiary/aromatic N) is 3. The molecule has 1 amide bonds. The lowest BCUT2D eigenvalue weighted by atomic mass is 10.2. The number of anilines is 1. The van der Waals surface area contributed by atoms with Crippen molar-refractivity contribution in [3.8, 4) is 0 Å². The topological polar surface area (TPSA) is 93.9 Å². The fourth-order valence-corrected chi connectivity index (χ4v) is 4.59. The lowest BCUT2D eigenvalue weighted by Gasteiger charge is -2.15. The van der Waals surface area contributed by atoms with Crippen LogP contribution in [-0.2, 0) is 16.9 Å². The van der Waals surface area contributed by atoms with Gasteiger partial charge < -0.3 is 0 Å². The molecular formula is C14H17ClN4O3S2. The van der Waals surface area contributed by atoms with E-state index in [1.807, 2.05) is 13.8 Å². The summed E-state index contributed by atoms with van der Waals surface area (Å²) in [6.45, 7) is 3.83. The summed E-state index contributed by atoms with van der Waals surface area (Å²) >= 11 is 7.65. The summed E-state index contributed by atoms with van der Waals surface area (Å²) in [7, 11) is -1.83. The number of nitrogens with one attached hydrogen (secondary N) is 1. The van der Waals surface area contributed by atoms with E-state index in [1.54, 1.807) is 7.05 Å². The number of carbonyl (C=O) groups excluding carboxylic acids is 1. The number of aryl methyl sites for hydroxylation is 1. The molecule has 1 aromatic carbocycles. The van der Waals surface area contributed by atoms with Gasteiger partial charge in [0.05, 0.1) is 15.5 Å². The van der Waals surface area contributed by atoms with Gasteiger partial charge in [0.15, 0.2) is 9.84 Å². The first-order valence-electron chi connectivity index (χ1n) is 6.95. The predicted octanol–water partition coefficient (Wildman–Crippen LogP) is 2.62. The van der Waals surface area contributed by atoms with Gasteiger partial charge in [-0.25, -0.2) is 13.1 Å². The van der Waals surface area contributed by atoms with Gasteiger partial charge in [0, 0.05) is 23.4 Å². The van der Waals surface area contributed by atoms with E-state index in [-0.39, 0.29) is 26.7 Å². The molecule has 0 aliphatic carbocycles. The third-order valence-electron chi connectivity index (χ3n) is 3.00. The van der Waals surface area contributed by atoms with Crippen LogP contribution in [0.4, 0.5) is 5.95 Å². The van der Waals surface area contributed by atoms with E-state index in [0.29, 0.717) is 4.90 Å². The molecule has 1 N–H and O–H groups in total.